The van der Waals surface area contributed by atoms with Crippen molar-refractivity contribution >= 4 is 17.3 Å². The fourth-order valence-corrected chi connectivity index (χ4v) is 1.65. The molecule has 0 bridgehead atoms. The molecule has 1 aromatic carbocycles. The zero-order chi connectivity index (χ0) is 13.1. The van der Waals surface area contributed by atoms with Crippen molar-refractivity contribution in [2.24, 2.45) is 0 Å². The highest BCUT2D eigenvalue weighted by Crippen LogP contribution is 2.24. The van der Waals surface area contributed by atoms with Gasteiger partial charge in [-0.3, -0.25) is 9.78 Å². The van der Waals surface area contributed by atoms with Gasteiger partial charge in [-0.25, -0.2) is 0 Å². The smallest absolute Gasteiger partial charge is 0.261 e. The van der Waals surface area contributed by atoms with E-state index in [1.54, 1.807) is 31.3 Å². The van der Waals surface area contributed by atoms with Crippen LogP contribution in [0.5, 0.6) is 5.75 Å². The molecule has 0 unspecified atom stereocenters. The molecule has 5 heteroatoms. The van der Waals surface area contributed by atoms with Gasteiger partial charge in [0.25, 0.3) is 5.91 Å². The van der Waals surface area contributed by atoms with Gasteiger partial charge in [-0.05, 0) is 18.2 Å². The Labute approximate surface area is 104 Å². The predicted octanol–water partition coefficient (Wildman–Crippen LogP) is 1.65. The van der Waals surface area contributed by atoms with E-state index in [4.69, 9.17) is 5.73 Å². The fraction of sp³-hybridized carbons (Fsp3) is 0.0769. The van der Waals surface area contributed by atoms with Crippen LogP contribution in [0.15, 0.2) is 42.7 Å². The molecule has 1 heterocycles. The van der Waals surface area contributed by atoms with Gasteiger partial charge in [0.15, 0.2) is 0 Å². The minimum Gasteiger partial charge on any atom is -0.505 e. The van der Waals surface area contributed by atoms with Crippen molar-refractivity contribution < 1.29 is 9.90 Å². The van der Waals surface area contributed by atoms with E-state index in [1.165, 1.54) is 23.4 Å². The van der Waals surface area contributed by atoms with Crippen molar-refractivity contribution in [2.45, 2.75) is 0 Å². The van der Waals surface area contributed by atoms with E-state index >= 15 is 0 Å². The van der Waals surface area contributed by atoms with Crippen LogP contribution in [-0.2, 0) is 0 Å². The summed E-state index contributed by atoms with van der Waals surface area (Å²) >= 11 is 0. The Hall–Kier alpha value is -2.56. The molecule has 0 aliphatic carbocycles. The topological polar surface area (TPSA) is 79.5 Å². The highest BCUT2D eigenvalue weighted by Gasteiger charge is 2.18. The molecule has 0 spiro atoms. The molecule has 92 valence electrons. The maximum Gasteiger partial charge on any atom is 0.261 e. The third-order valence-electron chi connectivity index (χ3n) is 2.63. The lowest BCUT2D eigenvalue weighted by Crippen LogP contribution is -2.27. The summed E-state index contributed by atoms with van der Waals surface area (Å²) in [7, 11) is 1.61. The molecule has 0 fully saturated rings. The van der Waals surface area contributed by atoms with Crippen molar-refractivity contribution in [2.75, 3.05) is 17.7 Å². The summed E-state index contributed by atoms with van der Waals surface area (Å²) in [4.78, 5) is 17.3. The minimum absolute atomic E-state index is 0.149. The van der Waals surface area contributed by atoms with E-state index in [2.05, 4.69) is 4.98 Å². The normalized spacial score (nSPS) is 10.1. The standard InChI is InChI=1S/C13H13N3O2/c1-16(11-5-3-2-4-10(11)14)13(18)9-6-7-15-8-12(9)17/h2-8,17H,14H2,1H3. The first-order valence-electron chi connectivity index (χ1n) is 5.37. The SMILES string of the molecule is CN(C(=O)c1ccncc1O)c1ccccc1N. The van der Waals surface area contributed by atoms with Gasteiger partial charge in [-0.1, -0.05) is 12.1 Å². The predicted molar refractivity (Wildman–Crippen MR) is 69.5 cm³/mol. The van der Waals surface area contributed by atoms with E-state index in [0.717, 1.165) is 0 Å². The summed E-state index contributed by atoms with van der Waals surface area (Å²) in [5.74, 6) is -0.489. The highest BCUT2D eigenvalue weighted by molar-refractivity contribution is 6.08. The maximum atomic E-state index is 12.2. The largest absolute Gasteiger partial charge is 0.505 e. The summed E-state index contributed by atoms with van der Waals surface area (Å²) in [5.41, 5.74) is 7.09. The molecule has 0 aliphatic heterocycles. The van der Waals surface area contributed by atoms with Crippen molar-refractivity contribution in [3.63, 3.8) is 0 Å². The Morgan fingerprint density at radius 2 is 2.06 bits per heavy atom. The van der Waals surface area contributed by atoms with Crippen LogP contribution >= 0.6 is 0 Å². The van der Waals surface area contributed by atoms with Crippen LogP contribution in [0.4, 0.5) is 11.4 Å². The average Bonchev–Trinajstić information content (AvgIpc) is 2.38. The molecule has 0 saturated carbocycles. The minimum atomic E-state index is -0.340. The van der Waals surface area contributed by atoms with Crippen molar-refractivity contribution in [1.29, 1.82) is 0 Å². The number of benzene rings is 1. The fourth-order valence-electron chi connectivity index (χ4n) is 1.65. The average molecular weight is 243 g/mol. The zero-order valence-corrected chi connectivity index (χ0v) is 9.87. The van der Waals surface area contributed by atoms with E-state index in [9.17, 15) is 9.90 Å². The molecule has 18 heavy (non-hydrogen) atoms. The van der Waals surface area contributed by atoms with Gasteiger partial charge in [0.05, 0.1) is 23.1 Å². The third kappa shape index (κ3) is 2.10. The van der Waals surface area contributed by atoms with Gasteiger partial charge in [0.1, 0.15) is 5.75 Å². The summed E-state index contributed by atoms with van der Waals surface area (Å²) in [6, 6.07) is 8.51. The Bertz CT molecular complexity index is 584. The number of rotatable bonds is 2. The van der Waals surface area contributed by atoms with Crippen molar-refractivity contribution in [3.05, 3.63) is 48.3 Å². The number of carbonyl (C=O) groups excluding carboxylic acids is 1. The van der Waals surface area contributed by atoms with Crippen LogP contribution in [0.3, 0.4) is 0 Å². The number of anilines is 2. The van der Waals surface area contributed by atoms with Crippen LogP contribution in [-0.4, -0.2) is 23.0 Å². The summed E-state index contributed by atoms with van der Waals surface area (Å²) in [6.45, 7) is 0. The number of aromatic nitrogens is 1. The molecule has 0 atom stereocenters. The second kappa shape index (κ2) is 4.75. The van der Waals surface area contributed by atoms with Crippen LogP contribution < -0.4 is 10.6 Å². The molecular weight excluding hydrogens is 230 g/mol. The van der Waals surface area contributed by atoms with Crippen molar-refractivity contribution in [1.82, 2.24) is 4.98 Å². The second-order valence-corrected chi connectivity index (χ2v) is 3.82. The van der Waals surface area contributed by atoms with Crippen LogP contribution in [0.2, 0.25) is 0 Å². The highest BCUT2D eigenvalue weighted by atomic mass is 16.3. The van der Waals surface area contributed by atoms with Crippen LogP contribution in [0, 0.1) is 0 Å². The Balaban J connectivity index is 2.36. The lowest BCUT2D eigenvalue weighted by atomic mass is 10.2. The van der Waals surface area contributed by atoms with E-state index in [0.29, 0.717) is 11.4 Å². The van der Waals surface area contributed by atoms with E-state index in [1.807, 2.05) is 0 Å². The molecule has 0 saturated heterocycles. The first kappa shape index (κ1) is 11.9. The lowest BCUT2D eigenvalue weighted by molar-refractivity contribution is 0.0990. The molecule has 0 aliphatic rings. The van der Waals surface area contributed by atoms with Gasteiger partial charge in [0, 0.05) is 13.2 Å². The van der Waals surface area contributed by atoms with Gasteiger partial charge in [-0.2, -0.15) is 0 Å². The summed E-state index contributed by atoms with van der Waals surface area (Å²) < 4.78 is 0. The van der Waals surface area contributed by atoms with E-state index in [-0.39, 0.29) is 17.2 Å². The number of hydrogen-bond donors (Lipinski definition) is 2. The number of hydrogen-bond acceptors (Lipinski definition) is 4. The third-order valence-corrected chi connectivity index (χ3v) is 2.63. The number of nitrogens with two attached hydrogens (primary N) is 1. The van der Waals surface area contributed by atoms with Gasteiger partial charge < -0.3 is 15.7 Å². The van der Waals surface area contributed by atoms with Gasteiger partial charge >= 0.3 is 0 Å². The van der Waals surface area contributed by atoms with Gasteiger partial charge in [-0.15, -0.1) is 0 Å². The monoisotopic (exact) mass is 243 g/mol. The maximum absolute atomic E-state index is 12.2. The first-order chi connectivity index (χ1) is 8.61. The molecule has 1 amide bonds. The molecule has 5 nitrogen and oxygen atoms in total. The second-order valence-electron chi connectivity index (χ2n) is 3.82. The zero-order valence-electron chi connectivity index (χ0n) is 9.87. The molecule has 1 aromatic heterocycles. The molecule has 2 rings (SSSR count). The number of pyridine rings is 1. The lowest BCUT2D eigenvalue weighted by Gasteiger charge is -2.19. The Kier molecular flexibility index (Phi) is 3.14. The Morgan fingerprint density at radius 1 is 1.33 bits per heavy atom. The Morgan fingerprint density at radius 3 is 2.72 bits per heavy atom. The number of aromatic hydroxyl groups is 1. The first-order valence-corrected chi connectivity index (χ1v) is 5.37. The number of nitrogen functional groups attached to an aromatic ring is 1. The van der Waals surface area contributed by atoms with Gasteiger partial charge in [0.2, 0.25) is 0 Å². The number of para-hydroxylation sites is 2. The van der Waals surface area contributed by atoms with Crippen LogP contribution in [0.25, 0.3) is 0 Å². The van der Waals surface area contributed by atoms with Crippen molar-refractivity contribution in [3.8, 4) is 5.75 Å². The summed E-state index contributed by atoms with van der Waals surface area (Å²) in [5, 5.41) is 9.60. The number of nitrogens with zero attached hydrogens (tertiary/aromatic N) is 2. The quantitative estimate of drug-likeness (QED) is 0.786. The molecule has 2 aromatic rings. The molecule has 0 radical (unpaired) electrons. The van der Waals surface area contributed by atoms with Crippen LogP contribution in [0.1, 0.15) is 10.4 Å². The number of amides is 1. The molecule has 3 N–H and O–H groups in total. The van der Waals surface area contributed by atoms with E-state index < -0.39 is 0 Å². The number of carbonyl (C=O) groups is 1. The summed E-state index contributed by atoms with van der Waals surface area (Å²) in [6.07, 6.45) is 2.69. The molecular formula is C13H13N3O2.